The second-order valence-electron chi connectivity index (χ2n) is 5.03. The van der Waals surface area contributed by atoms with Crippen LogP contribution in [0.25, 0.3) is 0 Å². The van der Waals surface area contributed by atoms with Gasteiger partial charge in [-0.2, -0.15) is 0 Å². The van der Waals surface area contributed by atoms with Gasteiger partial charge in [-0.15, -0.1) is 0 Å². The van der Waals surface area contributed by atoms with Crippen molar-refractivity contribution < 1.29 is 9.18 Å². The summed E-state index contributed by atoms with van der Waals surface area (Å²) in [6.45, 7) is 0. The summed E-state index contributed by atoms with van der Waals surface area (Å²) in [6, 6.07) is 4.44. The zero-order valence-corrected chi connectivity index (χ0v) is 9.55. The van der Waals surface area contributed by atoms with E-state index in [1.54, 1.807) is 6.07 Å². The molecule has 90 valence electrons. The molecule has 0 radical (unpaired) electrons. The van der Waals surface area contributed by atoms with Gasteiger partial charge in [-0.05, 0) is 31.0 Å². The monoisotopic (exact) mass is 234 g/mol. The normalized spacial score (nSPS) is 21.6. The molecule has 2 aliphatic rings. The summed E-state index contributed by atoms with van der Waals surface area (Å²) in [5.74, 6) is -0.259. The van der Waals surface area contributed by atoms with Gasteiger partial charge >= 0.3 is 0 Å². The molecule has 1 aromatic rings. The van der Waals surface area contributed by atoms with E-state index in [4.69, 9.17) is 0 Å². The number of carbonyl (C=O) groups is 1. The highest BCUT2D eigenvalue weighted by Gasteiger charge is 2.38. The van der Waals surface area contributed by atoms with Crippen LogP contribution in [0.5, 0.6) is 0 Å². The molecule has 4 heteroatoms. The standard InChI is InChI=1S/C13H15FN2O/c14-9-3-4-10-11(7-9)16-13(5-1-2-6-13)8-12(17)15-10/h3-4,7,16H,1-2,5-6,8H2,(H,15,17). The van der Waals surface area contributed by atoms with Crippen molar-refractivity contribution in [2.75, 3.05) is 10.6 Å². The molecule has 3 nitrogen and oxygen atoms in total. The summed E-state index contributed by atoms with van der Waals surface area (Å²) in [5, 5.41) is 6.22. The van der Waals surface area contributed by atoms with E-state index in [2.05, 4.69) is 10.6 Å². The van der Waals surface area contributed by atoms with Crippen LogP contribution >= 0.6 is 0 Å². The Hall–Kier alpha value is -1.58. The quantitative estimate of drug-likeness (QED) is 0.724. The second-order valence-corrected chi connectivity index (χ2v) is 5.03. The van der Waals surface area contributed by atoms with Gasteiger partial charge in [-0.3, -0.25) is 4.79 Å². The average Bonchev–Trinajstić information content (AvgIpc) is 2.64. The van der Waals surface area contributed by atoms with Crippen LogP contribution in [0, 0.1) is 5.82 Å². The molecule has 3 rings (SSSR count). The highest BCUT2D eigenvalue weighted by Crippen LogP contribution is 2.40. The van der Waals surface area contributed by atoms with E-state index in [9.17, 15) is 9.18 Å². The van der Waals surface area contributed by atoms with E-state index in [0.717, 1.165) is 25.7 Å². The van der Waals surface area contributed by atoms with Crippen LogP contribution in [-0.4, -0.2) is 11.4 Å². The molecule has 1 fully saturated rings. The van der Waals surface area contributed by atoms with E-state index >= 15 is 0 Å². The van der Waals surface area contributed by atoms with E-state index in [1.807, 2.05) is 0 Å². The van der Waals surface area contributed by atoms with Gasteiger partial charge in [0.05, 0.1) is 11.4 Å². The molecule has 1 heterocycles. The number of fused-ring (bicyclic) bond motifs is 1. The van der Waals surface area contributed by atoms with E-state index < -0.39 is 0 Å². The van der Waals surface area contributed by atoms with Crippen LogP contribution < -0.4 is 10.6 Å². The molecule has 1 amide bonds. The third kappa shape index (κ3) is 1.88. The highest BCUT2D eigenvalue weighted by atomic mass is 19.1. The average molecular weight is 234 g/mol. The van der Waals surface area contributed by atoms with E-state index in [0.29, 0.717) is 17.8 Å². The molecule has 1 aliphatic heterocycles. The predicted octanol–water partition coefficient (Wildman–Crippen LogP) is 2.89. The lowest BCUT2D eigenvalue weighted by Gasteiger charge is -2.28. The summed E-state index contributed by atoms with van der Waals surface area (Å²) in [6.07, 6.45) is 4.70. The van der Waals surface area contributed by atoms with Crippen molar-refractivity contribution in [3.63, 3.8) is 0 Å². The van der Waals surface area contributed by atoms with Crippen LogP contribution in [0.3, 0.4) is 0 Å². The molecule has 2 N–H and O–H groups in total. The van der Waals surface area contributed by atoms with Crippen molar-refractivity contribution >= 4 is 17.3 Å². The smallest absolute Gasteiger partial charge is 0.226 e. The van der Waals surface area contributed by atoms with Gasteiger partial charge in [-0.1, -0.05) is 12.8 Å². The van der Waals surface area contributed by atoms with Crippen LogP contribution in [0.4, 0.5) is 15.8 Å². The van der Waals surface area contributed by atoms with Crippen molar-refractivity contribution in [3.8, 4) is 0 Å². The molecule has 1 spiro atoms. The van der Waals surface area contributed by atoms with Crippen molar-refractivity contribution in [3.05, 3.63) is 24.0 Å². The predicted molar refractivity (Wildman–Crippen MR) is 64.5 cm³/mol. The first-order chi connectivity index (χ1) is 8.17. The van der Waals surface area contributed by atoms with E-state index in [-0.39, 0.29) is 17.3 Å². The molecule has 17 heavy (non-hydrogen) atoms. The minimum absolute atomic E-state index is 0.0183. The topological polar surface area (TPSA) is 41.1 Å². The largest absolute Gasteiger partial charge is 0.377 e. The fourth-order valence-electron chi connectivity index (χ4n) is 2.91. The van der Waals surface area contributed by atoms with Crippen LogP contribution in [-0.2, 0) is 4.79 Å². The van der Waals surface area contributed by atoms with Crippen molar-refractivity contribution in [2.24, 2.45) is 0 Å². The lowest BCUT2D eigenvalue weighted by molar-refractivity contribution is -0.117. The molecule has 1 aromatic carbocycles. The number of amides is 1. The lowest BCUT2D eigenvalue weighted by atomic mass is 9.93. The first-order valence-corrected chi connectivity index (χ1v) is 6.05. The Bertz CT molecular complexity index is 466. The minimum Gasteiger partial charge on any atom is -0.377 e. The molecule has 1 aliphatic carbocycles. The van der Waals surface area contributed by atoms with Gasteiger partial charge < -0.3 is 10.6 Å². The molecule has 0 aromatic heterocycles. The van der Waals surface area contributed by atoms with Crippen molar-refractivity contribution in [1.29, 1.82) is 0 Å². The van der Waals surface area contributed by atoms with Gasteiger partial charge in [-0.25, -0.2) is 4.39 Å². The Morgan fingerprint density at radius 2 is 1.94 bits per heavy atom. The fourth-order valence-corrected chi connectivity index (χ4v) is 2.91. The first kappa shape index (κ1) is 10.6. The summed E-state index contributed by atoms with van der Waals surface area (Å²) in [4.78, 5) is 11.8. The lowest BCUT2D eigenvalue weighted by Crippen LogP contribution is -2.36. The highest BCUT2D eigenvalue weighted by molar-refractivity contribution is 5.97. The van der Waals surface area contributed by atoms with Gasteiger partial charge in [0.2, 0.25) is 5.91 Å². The number of carbonyl (C=O) groups excluding carboxylic acids is 1. The first-order valence-electron chi connectivity index (χ1n) is 6.05. The number of benzene rings is 1. The summed E-state index contributed by atoms with van der Waals surface area (Å²) in [7, 11) is 0. The van der Waals surface area contributed by atoms with Crippen molar-refractivity contribution in [2.45, 2.75) is 37.6 Å². The Labute approximate surface area is 99.4 Å². The molecular weight excluding hydrogens is 219 g/mol. The van der Waals surface area contributed by atoms with Gasteiger partial charge in [0.1, 0.15) is 5.82 Å². The third-order valence-electron chi connectivity index (χ3n) is 3.72. The van der Waals surface area contributed by atoms with Gasteiger partial charge in [0, 0.05) is 12.0 Å². The zero-order valence-electron chi connectivity index (χ0n) is 9.55. The Morgan fingerprint density at radius 3 is 2.71 bits per heavy atom. The number of anilines is 2. The molecule has 1 saturated carbocycles. The summed E-state index contributed by atoms with van der Waals surface area (Å²) >= 11 is 0. The number of halogens is 1. The number of hydrogen-bond donors (Lipinski definition) is 2. The van der Waals surface area contributed by atoms with Gasteiger partial charge in [0.15, 0.2) is 0 Å². The Kier molecular flexibility index (Phi) is 2.31. The van der Waals surface area contributed by atoms with Crippen LogP contribution in [0.1, 0.15) is 32.1 Å². The molecule has 0 atom stereocenters. The zero-order chi connectivity index (χ0) is 11.9. The van der Waals surface area contributed by atoms with Crippen LogP contribution in [0.2, 0.25) is 0 Å². The third-order valence-corrected chi connectivity index (χ3v) is 3.72. The molecule has 0 unspecified atom stereocenters. The van der Waals surface area contributed by atoms with Gasteiger partial charge in [0.25, 0.3) is 0 Å². The maximum atomic E-state index is 13.2. The van der Waals surface area contributed by atoms with E-state index in [1.165, 1.54) is 12.1 Å². The summed E-state index contributed by atoms with van der Waals surface area (Å²) < 4.78 is 13.2. The molecular formula is C13H15FN2O. The molecule has 0 bridgehead atoms. The minimum atomic E-state index is -0.277. The number of rotatable bonds is 0. The number of nitrogens with one attached hydrogen (secondary N) is 2. The van der Waals surface area contributed by atoms with Crippen LogP contribution in [0.15, 0.2) is 18.2 Å². The second kappa shape index (κ2) is 3.72. The maximum absolute atomic E-state index is 13.2. The Balaban J connectivity index is 2.02. The summed E-state index contributed by atoms with van der Waals surface area (Å²) in [5.41, 5.74) is 1.22. The van der Waals surface area contributed by atoms with Crippen molar-refractivity contribution in [1.82, 2.24) is 0 Å². The number of hydrogen-bond acceptors (Lipinski definition) is 2. The Morgan fingerprint density at radius 1 is 1.18 bits per heavy atom. The maximum Gasteiger partial charge on any atom is 0.226 e. The fraction of sp³-hybridized carbons (Fsp3) is 0.462. The molecule has 0 saturated heterocycles. The SMILES string of the molecule is O=C1CC2(CCCC2)Nc2cc(F)ccc2N1.